The molecular formula is C14H18N4O2. The molecule has 2 aromatic heterocycles. The number of hydrogen-bond donors (Lipinski definition) is 2. The van der Waals surface area contributed by atoms with Gasteiger partial charge in [-0.3, -0.25) is 0 Å². The summed E-state index contributed by atoms with van der Waals surface area (Å²) in [6.07, 6.45) is 5.37. The molecule has 3 heterocycles. The van der Waals surface area contributed by atoms with E-state index in [0.717, 1.165) is 32.6 Å². The first-order valence-electron chi connectivity index (χ1n) is 6.81. The standard InChI is InChI=1S/C14H18N4O2/c15-13-14(17-8-10-3-6-19-7-4-10)18-11(9-16-13)12-2-1-5-20-12/h1-2,5,9-10H,3-4,6-8H2,(H2,15,16)(H,17,18). The molecule has 2 aromatic rings. The number of nitrogens with one attached hydrogen (secondary N) is 1. The van der Waals surface area contributed by atoms with Gasteiger partial charge in [-0.25, -0.2) is 9.97 Å². The van der Waals surface area contributed by atoms with Crippen LogP contribution in [0.2, 0.25) is 0 Å². The van der Waals surface area contributed by atoms with Crippen molar-refractivity contribution in [2.75, 3.05) is 30.8 Å². The number of furan rings is 1. The molecule has 6 nitrogen and oxygen atoms in total. The number of hydrogen-bond acceptors (Lipinski definition) is 6. The lowest BCUT2D eigenvalue weighted by Crippen LogP contribution is -2.23. The van der Waals surface area contributed by atoms with E-state index in [0.29, 0.717) is 29.0 Å². The summed E-state index contributed by atoms with van der Waals surface area (Å²) in [5, 5.41) is 3.29. The summed E-state index contributed by atoms with van der Waals surface area (Å²) >= 11 is 0. The van der Waals surface area contributed by atoms with Gasteiger partial charge < -0.3 is 20.2 Å². The molecule has 0 bridgehead atoms. The van der Waals surface area contributed by atoms with Crippen molar-refractivity contribution in [1.29, 1.82) is 0 Å². The van der Waals surface area contributed by atoms with Crippen LogP contribution in [0.1, 0.15) is 12.8 Å². The first kappa shape index (κ1) is 12.9. The van der Waals surface area contributed by atoms with E-state index >= 15 is 0 Å². The van der Waals surface area contributed by atoms with Gasteiger partial charge in [0.1, 0.15) is 5.69 Å². The van der Waals surface area contributed by atoms with Crippen LogP contribution in [0.4, 0.5) is 11.6 Å². The zero-order valence-electron chi connectivity index (χ0n) is 11.2. The van der Waals surface area contributed by atoms with Crippen molar-refractivity contribution in [3.05, 3.63) is 24.6 Å². The van der Waals surface area contributed by atoms with Crippen molar-refractivity contribution in [3.8, 4) is 11.5 Å². The Morgan fingerprint density at radius 2 is 2.20 bits per heavy atom. The van der Waals surface area contributed by atoms with Gasteiger partial charge in [-0.05, 0) is 30.9 Å². The second-order valence-electron chi connectivity index (χ2n) is 4.90. The first-order valence-corrected chi connectivity index (χ1v) is 6.81. The minimum absolute atomic E-state index is 0.410. The highest BCUT2D eigenvalue weighted by Gasteiger charge is 2.15. The summed E-state index contributed by atoms with van der Waals surface area (Å²) in [5.41, 5.74) is 6.55. The quantitative estimate of drug-likeness (QED) is 0.888. The van der Waals surface area contributed by atoms with Crippen LogP contribution in [0.3, 0.4) is 0 Å². The molecule has 0 aromatic carbocycles. The second kappa shape index (κ2) is 5.92. The summed E-state index contributed by atoms with van der Waals surface area (Å²) in [4.78, 5) is 8.64. The Labute approximate surface area is 117 Å². The van der Waals surface area contributed by atoms with Crippen LogP contribution < -0.4 is 11.1 Å². The Kier molecular flexibility index (Phi) is 3.83. The lowest BCUT2D eigenvalue weighted by molar-refractivity contribution is 0.0699. The van der Waals surface area contributed by atoms with Gasteiger partial charge in [0.05, 0.1) is 12.5 Å². The Bertz CT molecular complexity index is 550. The van der Waals surface area contributed by atoms with Gasteiger partial charge in [0.25, 0.3) is 0 Å². The predicted molar refractivity (Wildman–Crippen MR) is 76.2 cm³/mol. The Hall–Kier alpha value is -2.08. The second-order valence-corrected chi connectivity index (χ2v) is 4.90. The van der Waals surface area contributed by atoms with Crippen LogP contribution in [-0.4, -0.2) is 29.7 Å². The van der Waals surface area contributed by atoms with Gasteiger partial charge in [0.15, 0.2) is 17.4 Å². The molecule has 3 N–H and O–H groups in total. The van der Waals surface area contributed by atoms with Crippen LogP contribution in [0, 0.1) is 5.92 Å². The largest absolute Gasteiger partial charge is 0.463 e. The molecule has 0 saturated carbocycles. The van der Waals surface area contributed by atoms with Crippen molar-refractivity contribution < 1.29 is 9.15 Å². The Morgan fingerprint density at radius 3 is 2.95 bits per heavy atom. The van der Waals surface area contributed by atoms with Gasteiger partial charge in [-0.15, -0.1) is 0 Å². The fraction of sp³-hybridized carbons (Fsp3) is 0.429. The van der Waals surface area contributed by atoms with Gasteiger partial charge in [-0.1, -0.05) is 0 Å². The first-order chi connectivity index (χ1) is 9.83. The molecule has 6 heteroatoms. The third kappa shape index (κ3) is 2.91. The fourth-order valence-electron chi connectivity index (χ4n) is 2.26. The highest BCUT2D eigenvalue weighted by atomic mass is 16.5. The van der Waals surface area contributed by atoms with Gasteiger partial charge in [0, 0.05) is 19.8 Å². The molecule has 1 aliphatic heterocycles. The van der Waals surface area contributed by atoms with Crippen LogP contribution in [0.25, 0.3) is 11.5 Å². The number of ether oxygens (including phenoxy) is 1. The molecule has 0 unspecified atom stereocenters. The maximum Gasteiger partial charge on any atom is 0.169 e. The van der Waals surface area contributed by atoms with Gasteiger partial charge >= 0.3 is 0 Å². The Morgan fingerprint density at radius 1 is 1.35 bits per heavy atom. The summed E-state index contributed by atoms with van der Waals surface area (Å²) in [7, 11) is 0. The number of nitrogen functional groups attached to an aromatic ring is 1. The summed E-state index contributed by atoms with van der Waals surface area (Å²) < 4.78 is 10.7. The number of nitrogens with zero attached hydrogens (tertiary/aromatic N) is 2. The minimum Gasteiger partial charge on any atom is -0.463 e. The van der Waals surface area contributed by atoms with Crippen molar-refractivity contribution in [3.63, 3.8) is 0 Å². The van der Waals surface area contributed by atoms with Gasteiger partial charge in [-0.2, -0.15) is 0 Å². The lowest BCUT2D eigenvalue weighted by atomic mass is 10.0. The average Bonchev–Trinajstić information content (AvgIpc) is 3.02. The predicted octanol–water partition coefficient (Wildman–Crippen LogP) is 2.16. The molecule has 1 fully saturated rings. The van der Waals surface area contributed by atoms with E-state index < -0.39 is 0 Å². The molecule has 0 spiro atoms. The van der Waals surface area contributed by atoms with E-state index in [-0.39, 0.29) is 0 Å². The smallest absolute Gasteiger partial charge is 0.169 e. The van der Waals surface area contributed by atoms with Crippen LogP contribution >= 0.6 is 0 Å². The Balaban J connectivity index is 1.70. The molecule has 1 aliphatic rings. The molecule has 3 rings (SSSR count). The topological polar surface area (TPSA) is 86.2 Å². The van der Waals surface area contributed by atoms with E-state index in [1.54, 1.807) is 12.5 Å². The fourth-order valence-corrected chi connectivity index (χ4v) is 2.26. The molecule has 0 atom stereocenters. The third-order valence-electron chi connectivity index (χ3n) is 3.47. The molecule has 20 heavy (non-hydrogen) atoms. The molecule has 1 saturated heterocycles. The zero-order valence-corrected chi connectivity index (χ0v) is 11.2. The average molecular weight is 274 g/mol. The minimum atomic E-state index is 0.410. The van der Waals surface area contributed by atoms with E-state index in [1.807, 2.05) is 12.1 Å². The number of anilines is 2. The molecule has 106 valence electrons. The number of aromatic nitrogens is 2. The third-order valence-corrected chi connectivity index (χ3v) is 3.47. The number of rotatable bonds is 4. The van der Waals surface area contributed by atoms with E-state index in [9.17, 15) is 0 Å². The summed E-state index contributed by atoms with van der Waals surface area (Å²) in [6, 6.07) is 3.67. The lowest BCUT2D eigenvalue weighted by Gasteiger charge is -2.22. The van der Waals surface area contributed by atoms with Crippen molar-refractivity contribution in [2.24, 2.45) is 5.92 Å². The van der Waals surface area contributed by atoms with Crippen LogP contribution in [0.5, 0.6) is 0 Å². The normalized spacial score (nSPS) is 16.2. The van der Waals surface area contributed by atoms with Gasteiger partial charge in [0.2, 0.25) is 0 Å². The molecule has 0 radical (unpaired) electrons. The maximum absolute atomic E-state index is 5.87. The van der Waals surface area contributed by atoms with Crippen LogP contribution in [-0.2, 0) is 4.74 Å². The van der Waals surface area contributed by atoms with Crippen molar-refractivity contribution in [2.45, 2.75) is 12.8 Å². The monoisotopic (exact) mass is 274 g/mol. The maximum atomic E-state index is 5.87. The van der Waals surface area contributed by atoms with Crippen LogP contribution in [0.15, 0.2) is 29.0 Å². The van der Waals surface area contributed by atoms with Crippen molar-refractivity contribution >= 4 is 11.6 Å². The highest BCUT2D eigenvalue weighted by Crippen LogP contribution is 2.22. The van der Waals surface area contributed by atoms with E-state index in [1.165, 1.54) is 0 Å². The molecule has 0 aliphatic carbocycles. The highest BCUT2D eigenvalue weighted by molar-refractivity contribution is 5.62. The SMILES string of the molecule is Nc1ncc(-c2ccco2)nc1NCC1CCOCC1. The van der Waals surface area contributed by atoms with Crippen molar-refractivity contribution in [1.82, 2.24) is 9.97 Å². The van der Waals surface area contributed by atoms with E-state index in [4.69, 9.17) is 14.9 Å². The summed E-state index contributed by atoms with van der Waals surface area (Å²) in [5.74, 6) is 2.31. The number of nitrogens with two attached hydrogens (primary N) is 1. The molecule has 0 amide bonds. The van der Waals surface area contributed by atoms with E-state index in [2.05, 4.69) is 15.3 Å². The summed E-state index contributed by atoms with van der Waals surface area (Å²) in [6.45, 7) is 2.50. The zero-order chi connectivity index (χ0) is 13.8. The molecular weight excluding hydrogens is 256 g/mol.